The van der Waals surface area contributed by atoms with Crippen molar-refractivity contribution < 1.29 is 14.5 Å². The third-order valence-corrected chi connectivity index (χ3v) is 5.21. The number of rotatable bonds is 6. The Labute approximate surface area is 180 Å². The third-order valence-electron chi connectivity index (χ3n) is 4.46. The Hall–Kier alpha value is -4.12. The van der Waals surface area contributed by atoms with Crippen LogP contribution in [0.5, 0.6) is 5.75 Å². The van der Waals surface area contributed by atoms with Crippen molar-refractivity contribution in [3.05, 3.63) is 75.7 Å². The zero-order valence-electron chi connectivity index (χ0n) is 16.5. The van der Waals surface area contributed by atoms with Gasteiger partial charge in [0.25, 0.3) is 11.6 Å². The van der Waals surface area contributed by atoms with Crippen molar-refractivity contribution in [2.75, 3.05) is 12.4 Å². The maximum Gasteiger partial charge on any atom is 0.295 e. The molecule has 0 aliphatic carbocycles. The molecule has 4 rings (SSSR count). The molecule has 156 valence electrons. The topological polar surface area (TPSA) is 125 Å². The molecule has 0 saturated heterocycles. The van der Waals surface area contributed by atoms with Gasteiger partial charge in [-0.2, -0.15) is 5.10 Å². The van der Waals surface area contributed by atoms with Gasteiger partial charge in [-0.3, -0.25) is 20.2 Å². The van der Waals surface area contributed by atoms with E-state index < -0.39 is 10.8 Å². The fourth-order valence-electron chi connectivity index (χ4n) is 2.98. The van der Waals surface area contributed by atoms with E-state index in [1.807, 2.05) is 30.5 Å². The maximum atomic E-state index is 12.7. The first-order valence-electron chi connectivity index (χ1n) is 9.01. The fourth-order valence-corrected chi connectivity index (χ4v) is 3.69. The van der Waals surface area contributed by atoms with E-state index in [2.05, 4.69) is 20.4 Å². The highest BCUT2D eigenvalue weighted by Gasteiger charge is 2.20. The van der Waals surface area contributed by atoms with Crippen molar-refractivity contribution in [1.29, 1.82) is 0 Å². The zero-order valence-corrected chi connectivity index (χ0v) is 17.3. The lowest BCUT2D eigenvalue weighted by molar-refractivity contribution is -0.384. The second-order valence-corrected chi connectivity index (χ2v) is 7.35. The van der Waals surface area contributed by atoms with E-state index in [4.69, 9.17) is 4.74 Å². The minimum atomic E-state index is -0.570. The quantitative estimate of drug-likeness (QED) is 0.359. The number of amides is 1. The molecule has 1 N–H and O–H groups in total. The van der Waals surface area contributed by atoms with Gasteiger partial charge in [-0.25, -0.2) is 14.6 Å². The molecular formula is C20H16N6O4S. The fraction of sp³-hybridized carbons (Fsp3) is 0.100. The zero-order chi connectivity index (χ0) is 22.0. The predicted octanol–water partition coefficient (Wildman–Crippen LogP) is 3.87. The number of anilines is 1. The average Bonchev–Trinajstić information content (AvgIpc) is 3.45. The summed E-state index contributed by atoms with van der Waals surface area (Å²) in [6, 6.07) is 9.88. The highest BCUT2D eigenvalue weighted by atomic mass is 32.1. The Balaban J connectivity index is 1.59. The number of nitro benzene ring substituents is 1. The molecule has 0 saturated carbocycles. The highest BCUT2D eigenvalue weighted by molar-refractivity contribution is 7.14. The Morgan fingerprint density at radius 3 is 2.81 bits per heavy atom. The molecule has 0 aliphatic heterocycles. The molecule has 0 aliphatic rings. The number of nitro groups is 1. The molecule has 1 amide bonds. The van der Waals surface area contributed by atoms with Crippen molar-refractivity contribution in [3.63, 3.8) is 0 Å². The molecule has 0 unspecified atom stereocenters. The van der Waals surface area contributed by atoms with Crippen LogP contribution in [-0.4, -0.2) is 37.7 Å². The van der Waals surface area contributed by atoms with Gasteiger partial charge in [0.05, 0.1) is 17.7 Å². The number of aryl methyl sites for hydroxylation is 1. The summed E-state index contributed by atoms with van der Waals surface area (Å²) in [5.41, 5.74) is 2.60. The van der Waals surface area contributed by atoms with Gasteiger partial charge in [0, 0.05) is 22.6 Å². The number of ether oxygens (including phenoxy) is 1. The standard InChI is InChI=1S/C20H16N6O4S/c1-12-3-6-18(30-2)14(7-12)15-9-31-20(23-15)24-19(27)13-4-5-16(17(8-13)26(28)29)25-11-21-10-22-25/h3-11H,1-2H3,(H,23,24,27). The van der Waals surface area contributed by atoms with Crippen molar-refractivity contribution in [2.45, 2.75) is 6.92 Å². The number of nitrogens with one attached hydrogen (secondary N) is 1. The van der Waals surface area contributed by atoms with Crippen LogP contribution >= 0.6 is 11.3 Å². The monoisotopic (exact) mass is 436 g/mol. The van der Waals surface area contributed by atoms with Crippen molar-refractivity contribution >= 4 is 28.1 Å². The smallest absolute Gasteiger partial charge is 0.295 e. The summed E-state index contributed by atoms with van der Waals surface area (Å²) in [5, 5.41) is 20.3. The Morgan fingerprint density at radius 2 is 2.10 bits per heavy atom. The Bertz CT molecular complexity index is 1270. The van der Waals surface area contributed by atoms with Crippen LogP contribution in [0.3, 0.4) is 0 Å². The second-order valence-electron chi connectivity index (χ2n) is 6.50. The molecule has 2 heterocycles. The average molecular weight is 436 g/mol. The first-order chi connectivity index (χ1) is 15.0. The first kappa shape index (κ1) is 20.2. The van der Waals surface area contributed by atoms with E-state index in [1.54, 1.807) is 7.11 Å². The maximum absolute atomic E-state index is 12.7. The lowest BCUT2D eigenvalue weighted by atomic mass is 10.1. The van der Waals surface area contributed by atoms with Crippen LogP contribution in [0.4, 0.5) is 10.8 Å². The minimum absolute atomic E-state index is 0.125. The number of carbonyl (C=O) groups excluding carboxylic acids is 1. The molecule has 2 aromatic carbocycles. The molecule has 4 aromatic rings. The van der Waals surface area contributed by atoms with Crippen LogP contribution in [-0.2, 0) is 0 Å². The van der Waals surface area contributed by atoms with Gasteiger partial charge in [0.15, 0.2) is 5.13 Å². The van der Waals surface area contributed by atoms with Crippen LogP contribution in [0.2, 0.25) is 0 Å². The van der Waals surface area contributed by atoms with E-state index in [0.29, 0.717) is 16.6 Å². The molecule has 0 bridgehead atoms. The number of benzene rings is 2. The first-order valence-corrected chi connectivity index (χ1v) is 9.89. The van der Waals surface area contributed by atoms with E-state index in [-0.39, 0.29) is 16.9 Å². The molecule has 2 aromatic heterocycles. The number of nitrogens with zero attached hydrogens (tertiary/aromatic N) is 5. The summed E-state index contributed by atoms with van der Waals surface area (Å²) < 4.78 is 6.66. The van der Waals surface area contributed by atoms with Crippen LogP contribution in [0.15, 0.2) is 54.4 Å². The predicted molar refractivity (Wildman–Crippen MR) is 115 cm³/mol. The largest absolute Gasteiger partial charge is 0.496 e. The van der Waals surface area contributed by atoms with Gasteiger partial charge in [-0.1, -0.05) is 11.6 Å². The van der Waals surface area contributed by atoms with E-state index in [1.165, 1.54) is 46.9 Å². The van der Waals surface area contributed by atoms with Gasteiger partial charge < -0.3 is 4.74 Å². The van der Waals surface area contributed by atoms with Gasteiger partial charge >= 0.3 is 0 Å². The van der Waals surface area contributed by atoms with Gasteiger partial charge in [-0.05, 0) is 31.2 Å². The second kappa shape index (κ2) is 8.32. The van der Waals surface area contributed by atoms with E-state index in [9.17, 15) is 14.9 Å². The molecule has 0 spiro atoms. The minimum Gasteiger partial charge on any atom is -0.496 e. The van der Waals surface area contributed by atoms with Crippen LogP contribution < -0.4 is 10.1 Å². The van der Waals surface area contributed by atoms with Crippen molar-refractivity contribution in [1.82, 2.24) is 19.7 Å². The van der Waals surface area contributed by atoms with Crippen molar-refractivity contribution in [3.8, 4) is 22.7 Å². The van der Waals surface area contributed by atoms with E-state index in [0.717, 1.165) is 11.1 Å². The van der Waals surface area contributed by atoms with Crippen molar-refractivity contribution in [2.24, 2.45) is 0 Å². The number of carbonyl (C=O) groups is 1. The summed E-state index contributed by atoms with van der Waals surface area (Å²) in [6.45, 7) is 1.97. The Morgan fingerprint density at radius 1 is 1.26 bits per heavy atom. The molecule has 31 heavy (non-hydrogen) atoms. The number of thiazole rings is 1. The lowest BCUT2D eigenvalue weighted by Crippen LogP contribution is -2.13. The molecular weight excluding hydrogens is 420 g/mol. The highest BCUT2D eigenvalue weighted by Crippen LogP contribution is 2.33. The number of hydrogen-bond donors (Lipinski definition) is 1. The van der Waals surface area contributed by atoms with E-state index >= 15 is 0 Å². The third kappa shape index (κ3) is 4.12. The van der Waals surface area contributed by atoms with Crippen LogP contribution in [0.25, 0.3) is 16.9 Å². The Kier molecular flexibility index (Phi) is 5.41. The SMILES string of the molecule is COc1ccc(C)cc1-c1csc(NC(=O)c2ccc(-n3cncn3)c([N+](=O)[O-])c2)n1. The summed E-state index contributed by atoms with van der Waals surface area (Å²) >= 11 is 1.25. The number of aromatic nitrogens is 4. The number of methoxy groups -OCH3 is 1. The summed E-state index contributed by atoms with van der Waals surface area (Å²) in [6.07, 6.45) is 2.62. The van der Waals surface area contributed by atoms with Gasteiger partial charge in [-0.15, -0.1) is 11.3 Å². The molecule has 0 atom stereocenters. The van der Waals surface area contributed by atoms with Crippen LogP contribution in [0, 0.1) is 17.0 Å². The van der Waals surface area contributed by atoms with Gasteiger partial charge in [0.1, 0.15) is 24.1 Å². The summed E-state index contributed by atoms with van der Waals surface area (Å²) in [5.74, 6) is 0.165. The van der Waals surface area contributed by atoms with Crippen LogP contribution in [0.1, 0.15) is 15.9 Å². The summed E-state index contributed by atoms with van der Waals surface area (Å²) in [4.78, 5) is 31.9. The normalized spacial score (nSPS) is 10.6. The summed E-state index contributed by atoms with van der Waals surface area (Å²) in [7, 11) is 1.58. The molecule has 10 nitrogen and oxygen atoms in total. The molecule has 0 radical (unpaired) electrons. The molecule has 0 fully saturated rings. The number of hydrogen-bond acceptors (Lipinski definition) is 8. The van der Waals surface area contributed by atoms with Gasteiger partial charge in [0.2, 0.25) is 0 Å². The molecule has 11 heteroatoms. The lowest BCUT2D eigenvalue weighted by Gasteiger charge is -2.07.